The van der Waals surface area contributed by atoms with Gasteiger partial charge >= 0.3 is 5.97 Å². The Morgan fingerprint density at radius 3 is 2.29 bits per heavy atom. The Kier molecular flexibility index (Phi) is 6.09. The van der Waals surface area contributed by atoms with Crippen LogP contribution in [0.1, 0.15) is 126 Å². The molecule has 0 aromatic rings. The number of fused-ring (bicyclic) bond motifs is 2. The molecule has 5 rings (SSSR count). The Morgan fingerprint density at radius 2 is 1.62 bits per heavy atom. The molecule has 34 heavy (non-hydrogen) atoms. The minimum Gasteiger partial charge on any atom is -0.462 e. The lowest BCUT2D eigenvalue weighted by Gasteiger charge is -2.62. The summed E-state index contributed by atoms with van der Waals surface area (Å²) >= 11 is 0. The predicted molar refractivity (Wildman–Crippen MR) is 140 cm³/mol. The van der Waals surface area contributed by atoms with E-state index in [-0.39, 0.29) is 12.1 Å². The zero-order chi connectivity index (χ0) is 24.7. The van der Waals surface area contributed by atoms with Crippen LogP contribution >= 0.6 is 0 Å². The molecule has 0 heterocycles. The van der Waals surface area contributed by atoms with Crippen LogP contribution in [0.4, 0.5) is 0 Å². The first-order chi connectivity index (χ1) is 15.9. The van der Waals surface area contributed by atoms with E-state index < -0.39 is 0 Å². The number of esters is 1. The summed E-state index contributed by atoms with van der Waals surface area (Å²) < 4.78 is 5.81. The van der Waals surface area contributed by atoms with Crippen molar-refractivity contribution < 1.29 is 9.53 Å². The summed E-state index contributed by atoms with van der Waals surface area (Å²) in [7, 11) is 0. The van der Waals surface area contributed by atoms with Crippen molar-refractivity contribution >= 4 is 5.97 Å². The van der Waals surface area contributed by atoms with Gasteiger partial charge in [0.05, 0.1) is 0 Å². The maximum absolute atomic E-state index is 11.7. The molecule has 0 aromatic heterocycles. The average Bonchev–Trinajstić information content (AvgIpc) is 3.36. The average molecular weight is 471 g/mol. The molecule has 5 aliphatic carbocycles. The molecular weight excluding hydrogens is 416 g/mol. The minimum absolute atomic E-state index is 0.0816. The summed E-state index contributed by atoms with van der Waals surface area (Å²) in [5.74, 6) is 5.61. The number of hydrogen-bond acceptors (Lipinski definition) is 2. The van der Waals surface area contributed by atoms with Crippen molar-refractivity contribution in [2.24, 2.45) is 63.1 Å². The number of rotatable bonds is 6. The van der Waals surface area contributed by atoms with E-state index >= 15 is 0 Å². The van der Waals surface area contributed by atoms with E-state index in [1.807, 2.05) is 0 Å². The molecule has 2 heteroatoms. The summed E-state index contributed by atoms with van der Waals surface area (Å²) in [4.78, 5) is 11.7. The van der Waals surface area contributed by atoms with E-state index in [2.05, 4.69) is 48.5 Å². The summed E-state index contributed by atoms with van der Waals surface area (Å²) in [6.45, 7) is 19.3. The van der Waals surface area contributed by atoms with Gasteiger partial charge in [0, 0.05) is 6.92 Å². The third kappa shape index (κ3) is 3.27. The van der Waals surface area contributed by atoms with E-state index in [9.17, 15) is 4.79 Å². The van der Waals surface area contributed by atoms with E-state index in [4.69, 9.17) is 4.74 Å². The van der Waals surface area contributed by atoms with Gasteiger partial charge in [0.15, 0.2) is 0 Å². The molecule has 2 spiro atoms. The molecule has 0 bridgehead atoms. The third-order valence-corrected chi connectivity index (χ3v) is 13.9. The molecule has 5 saturated carbocycles. The normalized spacial score (nSPS) is 51.0. The highest BCUT2D eigenvalue weighted by Gasteiger charge is 2.81. The lowest BCUT2D eigenvalue weighted by atomic mass is 9.43. The minimum atomic E-state index is -0.0816. The van der Waals surface area contributed by atoms with Crippen LogP contribution in [0.15, 0.2) is 0 Å². The van der Waals surface area contributed by atoms with Crippen molar-refractivity contribution in [3.63, 3.8) is 0 Å². The smallest absolute Gasteiger partial charge is 0.302 e. The molecule has 5 aliphatic rings. The molecule has 11 unspecified atom stereocenters. The Morgan fingerprint density at radius 1 is 0.882 bits per heavy atom. The van der Waals surface area contributed by atoms with Gasteiger partial charge in [-0.25, -0.2) is 0 Å². The molecule has 0 N–H and O–H groups in total. The molecular formula is C32H54O2. The van der Waals surface area contributed by atoms with Crippen molar-refractivity contribution in [3.05, 3.63) is 0 Å². The Bertz CT molecular complexity index is 803. The highest BCUT2D eigenvalue weighted by atomic mass is 16.5. The van der Waals surface area contributed by atoms with Crippen LogP contribution in [0.3, 0.4) is 0 Å². The zero-order valence-corrected chi connectivity index (χ0v) is 23.7. The van der Waals surface area contributed by atoms with E-state index in [0.717, 1.165) is 41.9 Å². The fourth-order valence-corrected chi connectivity index (χ4v) is 11.4. The van der Waals surface area contributed by atoms with Gasteiger partial charge in [-0.05, 0) is 121 Å². The van der Waals surface area contributed by atoms with Gasteiger partial charge in [-0.15, -0.1) is 0 Å². The van der Waals surface area contributed by atoms with Crippen LogP contribution < -0.4 is 0 Å². The molecule has 0 aliphatic heterocycles. The molecule has 0 aromatic carbocycles. The molecule has 0 amide bonds. The predicted octanol–water partition coefficient (Wildman–Crippen LogP) is 8.68. The van der Waals surface area contributed by atoms with Crippen molar-refractivity contribution in [1.29, 1.82) is 0 Å². The SMILES string of the molecule is CC(=O)OC1CCC23CC24CCC2(C)C(C(C)CCC(C)C(C)C)CCC2(C)C4CCC3C1C. The third-order valence-electron chi connectivity index (χ3n) is 13.9. The van der Waals surface area contributed by atoms with Crippen molar-refractivity contribution in [3.8, 4) is 0 Å². The summed E-state index contributed by atoms with van der Waals surface area (Å²) in [6.07, 6.45) is 15.6. The fraction of sp³-hybridized carbons (Fsp3) is 0.969. The standard InChI is InChI=1S/C32H54O2/c1-20(2)21(3)9-10-22(4)25-13-15-30(8)28-12-11-26-23(5)27(34-24(6)33)14-16-31(26)19-32(28,31)18-17-29(25,30)7/h20-23,25-28H,9-19H2,1-8H3. The van der Waals surface area contributed by atoms with Gasteiger partial charge in [0.2, 0.25) is 0 Å². The second-order valence-corrected chi connectivity index (χ2v) is 15.0. The van der Waals surface area contributed by atoms with E-state index in [1.165, 1.54) is 64.2 Å². The maximum Gasteiger partial charge on any atom is 0.302 e. The molecule has 0 saturated heterocycles. The van der Waals surface area contributed by atoms with Gasteiger partial charge in [-0.2, -0.15) is 0 Å². The Hall–Kier alpha value is -0.530. The summed E-state index contributed by atoms with van der Waals surface area (Å²) in [5.41, 5.74) is 2.25. The molecule has 5 fully saturated rings. The zero-order valence-electron chi connectivity index (χ0n) is 23.7. The topological polar surface area (TPSA) is 26.3 Å². The van der Waals surface area contributed by atoms with E-state index in [0.29, 0.717) is 27.6 Å². The van der Waals surface area contributed by atoms with Crippen LogP contribution in [-0.2, 0) is 9.53 Å². The lowest BCUT2D eigenvalue weighted by Crippen LogP contribution is -2.56. The Balaban J connectivity index is 1.34. The Labute approximate surface area is 210 Å². The molecule has 0 radical (unpaired) electrons. The van der Waals surface area contributed by atoms with Gasteiger partial charge in [0.1, 0.15) is 6.10 Å². The van der Waals surface area contributed by atoms with Crippen LogP contribution in [0, 0.1) is 63.1 Å². The fourth-order valence-electron chi connectivity index (χ4n) is 11.4. The number of carbonyl (C=O) groups is 1. The van der Waals surface area contributed by atoms with Gasteiger partial charge in [-0.1, -0.05) is 61.3 Å². The van der Waals surface area contributed by atoms with Crippen LogP contribution in [0.25, 0.3) is 0 Å². The van der Waals surface area contributed by atoms with Crippen LogP contribution in [-0.4, -0.2) is 12.1 Å². The molecule has 194 valence electrons. The van der Waals surface area contributed by atoms with Crippen LogP contribution in [0.5, 0.6) is 0 Å². The highest BCUT2D eigenvalue weighted by Crippen LogP contribution is 2.88. The van der Waals surface area contributed by atoms with Crippen LogP contribution in [0.2, 0.25) is 0 Å². The van der Waals surface area contributed by atoms with Crippen molar-refractivity contribution in [1.82, 2.24) is 0 Å². The number of carbonyl (C=O) groups excluding carboxylic acids is 1. The van der Waals surface area contributed by atoms with Gasteiger partial charge < -0.3 is 4.74 Å². The molecule has 2 nitrogen and oxygen atoms in total. The first-order valence-electron chi connectivity index (χ1n) is 15.1. The van der Waals surface area contributed by atoms with Crippen molar-refractivity contribution in [2.75, 3.05) is 0 Å². The number of ether oxygens (including phenoxy) is 1. The monoisotopic (exact) mass is 470 g/mol. The second-order valence-electron chi connectivity index (χ2n) is 15.0. The number of hydrogen-bond donors (Lipinski definition) is 0. The lowest BCUT2D eigenvalue weighted by molar-refractivity contribution is -0.165. The van der Waals surface area contributed by atoms with Gasteiger partial charge in [-0.3, -0.25) is 4.79 Å². The van der Waals surface area contributed by atoms with E-state index in [1.54, 1.807) is 6.92 Å². The second kappa shape index (κ2) is 8.24. The molecule has 11 atom stereocenters. The first-order valence-corrected chi connectivity index (χ1v) is 15.1. The highest BCUT2D eigenvalue weighted by molar-refractivity contribution is 5.66. The largest absolute Gasteiger partial charge is 0.462 e. The van der Waals surface area contributed by atoms with Gasteiger partial charge in [0.25, 0.3) is 0 Å². The van der Waals surface area contributed by atoms with Crippen molar-refractivity contribution in [2.45, 2.75) is 132 Å². The maximum atomic E-state index is 11.7. The summed E-state index contributed by atoms with van der Waals surface area (Å²) in [6, 6.07) is 0. The quantitative estimate of drug-likeness (QED) is 0.363. The first kappa shape index (κ1) is 25.1. The summed E-state index contributed by atoms with van der Waals surface area (Å²) in [5, 5.41) is 0.